The van der Waals surface area contributed by atoms with Crippen LogP contribution in [-0.4, -0.2) is 10.5 Å². The Labute approximate surface area is 104 Å². The van der Waals surface area contributed by atoms with Gasteiger partial charge in [-0.1, -0.05) is 17.4 Å². The third-order valence-electron chi connectivity index (χ3n) is 2.68. The molecule has 0 unspecified atom stereocenters. The maximum atomic E-state index is 11.1. The number of benzene rings is 1. The van der Waals surface area contributed by atoms with Gasteiger partial charge in [0.25, 0.3) is 0 Å². The summed E-state index contributed by atoms with van der Waals surface area (Å²) in [5.41, 5.74) is 3.66. The first-order valence-corrected chi connectivity index (χ1v) is 6.50. The number of rotatable bonds is 1. The molecule has 0 radical (unpaired) electrons. The van der Waals surface area contributed by atoms with E-state index in [0.717, 1.165) is 11.3 Å². The molecule has 1 aromatic heterocycles. The van der Waals surface area contributed by atoms with Crippen molar-refractivity contribution in [2.24, 2.45) is 4.99 Å². The van der Waals surface area contributed by atoms with E-state index in [4.69, 9.17) is 0 Å². The van der Waals surface area contributed by atoms with Gasteiger partial charge >= 0.3 is 0 Å². The Balaban J connectivity index is 2.89. The van der Waals surface area contributed by atoms with Crippen molar-refractivity contribution in [3.05, 3.63) is 28.1 Å². The smallest absolute Gasteiger partial charge is 0.245 e. The molecule has 0 spiro atoms. The van der Waals surface area contributed by atoms with Crippen LogP contribution in [0, 0.1) is 13.8 Å². The quantitative estimate of drug-likeness (QED) is 0.764. The van der Waals surface area contributed by atoms with Gasteiger partial charge in [-0.3, -0.25) is 4.79 Å². The van der Waals surface area contributed by atoms with Gasteiger partial charge in [-0.2, -0.15) is 4.99 Å². The molecule has 0 saturated carbocycles. The van der Waals surface area contributed by atoms with Crippen LogP contribution in [0.2, 0.25) is 0 Å². The van der Waals surface area contributed by atoms with E-state index < -0.39 is 0 Å². The van der Waals surface area contributed by atoms with Gasteiger partial charge in [-0.05, 0) is 38.0 Å². The predicted molar refractivity (Wildman–Crippen MR) is 71.2 cm³/mol. The summed E-state index contributed by atoms with van der Waals surface area (Å²) in [6.07, 6.45) is 0. The summed E-state index contributed by atoms with van der Waals surface area (Å²) in [5, 5.41) is 0. The molecule has 0 fully saturated rings. The van der Waals surface area contributed by atoms with Crippen LogP contribution >= 0.6 is 11.3 Å². The first-order valence-electron chi connectivity index (χ1n) is 5.68. The van der Waals surface area contributed by atoms with Gasteiger partial charge in [0, 0.05) is 13.5 Å². The summed E-state index contributed by atoms with van der Waals surface area (Å²) in [4.78, 5) is 16.0. The highest BCUT2D eigenvalue weighted by molar-refractivity contribution is 7.16. The Morgan fingerprint density at radius 3 is 2.71 bits per heavy atom. The summed E-state index contributed by atoms with van der Waals surface area (Å²) in [7, 11) is 0. The molecule has 17 heavy (non-hydrogen) atoms. The van der Waals surface area contributed by atoms with Crippen molar-refractivity contribution in [2.75, 3.05) is 0 Å². The largest absolute Gasteiger partial charge is 0.317 e. The normalized spacial score (nSPS) is 12.4. The van der Waals surface area contributed by atoms with Crippen LogP contribution in [0.25, 0.3) is 10.2 Å². The first kappa shape index (κ1) is 12.0. The summed E-state index contributed by atoms with van der Waals surface area (Å²) in [6.45, 7) is 8.58. The Morgan fingerprint density at radius 2 is 2.12 bits per heavy atom. The number of nitrogens with zero attached hydrogens (tertiary/aromatic N) is 2. The lowest BCUT2D eigenvalue weighted by Gasteiger charge is -2.02. The van der Waals surface area contributed by atoms with Crippen molar-refractivity contribution in [1.29, 1.82) is 0 Å². The molecule has 1 amide bonds. The van der Waals surface area contributed by atoms with Crippen LogP contribution < -0.4 is 4.80 Å². The topological polar surface area (TPSA) is 34.4 Å². The van der Waals surface area contributed by atoms with Crippen molar-refractivity contribution < 1.29 is 4.79 Å². The van der Waals surface area contributed by atoms with E-state index in [1.165, 1.54) is 28.3 Å². The molecule has 3 nitrogen and oxygen atoms in total. The zero-order valence-electron chi connectivity index (χ0n) is 10.6. The molecular formula is C13H16N2OS. The highest BCUT2D eigenvalue weighted by atomic mass is 32.1. The first-order chi connectivity index (χ1) is 8.02. The highest BCUT2D eigenvalue weighted by Gasteiger charge is 2.08. The van der Waals surface area contributed by atoms with Crippen molar-refractivity contribution in [3.63, 3.8) is 0 Å². The SMILES string of the molecule is CCn1c(=NC(C)=O)sc2c(C)cc(C)cc21. The standard InChI is InChI=1S/C13H16N2OS/c1-5-15-11-7-8(2)6-9(3)12(11)17-13(15)14-10(4)16/h6-7H,5H2,1-4H3. The van der Waals surface area contributed by atoms with E-state index >= 15 is 0 Å². The van der Waals surface area contributed by atoms with Crippen LogP contribution in [0.1, 0.15) is 25.0 Å². The van der Waals surface area contributed by atoms with Crippen LogP contribution in [0.4, 0.5) is 0 Å². The lowest BCUT2D eigenvalue weighted by Crippen LogP contribution is -2.14. The van der Waals surface area contributed by atoms with Crippen LogP contribution in [0.5, 0.6) is 0 Å². The Kier molecular flexibility index (Phi) is 3.15. The van der Waals surface area contributed by atoms with Gasteiger partial charge in [0.05, 0.1) is 10.2 Å². The maximum Gasteiger partial charge on any atom is 0.245 e. The Morgan fingerprint density at radius 1 is 1.41 bits per heavy atom. The fraction of sp³-hybridized carbons (Fsp3) is 0.385. The van der Waals surface area contributed by atoms with Crippen molar-refractivity contribution >= 4 is 27.5 Å². The van der Waals surface area contributed by atoms with E-state index in [-0.39, 0.29) is 5.91 Å². The Bertz CT molecular complexity index is 649. The van der Waals surface area contributed by atoms with E-state index in [1.54, 1.807) is 11.3 Å². The minimum atomic E-state index is -0.145. The molecule has 0 N–H and O–H groups in total. The van der Waals surface area contributed by atoms with Crippen LogP contribution in [-0.2, 0) is 11.3 Å². The third kappa shape index (κ3) is 2.17. The number of hydrogen-bond donors (Lipinski definition) is 0. The maximum absolute atomic E-state index is 11.1. The second kappa shape index (κ2) is 4.45. The molecule has 90 valence electrons. The fourth-order valence-electron chi connectivity index (χ4n) is 2.04. The zero-order valence-corrected chi connectivity index (χ0v) is 11.4. The van der Waals surface area contributed by atoms with E-state index in [9.17, 15) is 4.79 Å². The zero-order chi connectivity index (χ0) is 12.6. The number of aromatic nitrogens is 1. The molecule has 1 aromatic carbocycles. The summed E-state index contributed by atoms with van der Waals surface area (Å²) in [5.74, 6) is -0.145. The number of carbonyl (C=O) groups is 1. The number of aryl methyl sites for hydroxylation is 3. The summed E-state index contributed by atoms with van der Waals surface area (Å²) < 4.78 is 3.32. The lowest BCUT2D eigenvalue weighted by molar-refractivity contribution is -0.116. The Hall–Kier alpha value is -1.42. The molecule has 0 bridgehead atoms. The molecule has 2 aromatic rings. The monoisotopic (exact) mass is 248 g/mol. The lowest BCUT2D eigenvalue weighted by atomic mass is 10.1. The summed E-state index contributed by atoms with van der Waals surface area (Å²) >= 11 is 1.59. The molecule has 0 atom stereocenters. The minimum absolute atomic E-state index is 0.145. The number of amides is 1. The van der Waals surface area contributed by atoms with Crippen molar-refractivity contribution in [3.8, 4) is 0 Å². The third-order valence-corrected chi connectivity index (χ3v) is 3.91. The van der Waals surface area contributed by atoms with Gasteiger partial charge in [-0.15, -0.1) is 0 Å². The van der Waals surface area contributed by atoms with E-state index in [1.807, 2.05) is 0 Å². The molecule has 0 aliphatic rings. The minimum Gasteiger partial charge on any atom is -0.317 e. The number of carbonyl (C=O) groups excluding carboxylic acids is 1. The highest BCUT2D eigenvalue weighted by Crippen LogP contribution is 2.23. The molecule has 0 aliphatic heterocycles. The number of fused-ring (bicyclic) bond motifs is 1. The molecule has 0 aliphatic carbocycles. The van der Waals surface area contributed by atoms with Crippen molar-refractivity contribution in [1.82, 2.24) is 4.57 Å². The van der Waals surface area contributed by atoms with Crippen molar-refractivity contribution in [2.45, 2.75) is 34.2 Å². The second-order valence-electron chi connectivity index (χ2n) is 4.19. The van der Waals surface area contributed by atoms with E-state index in [2.05, 4.69) is 42.5 Å². The fourth-order valence-corrected chi connectivity index (χ4v) is 3.23. The van der Waals surface area contributed by atoms with Gasteiger partial charge in [0.2, 0.25) is 5.91 Å². The molecule has 1 heterocycles. The second-order valence-corrected chi connectivity index (χ2v) is 5.17. The molecule has 2 rings (SSSR count). The molecule has 4 heteroatoms. The van der Waals surface area contributed by atoms with Gasteiger partial charge in [0.1, 0.15) is 0 Å². The van der Waals surface area contributed by atoms with E-state index in [0.29, 0.717) is 0 Å². The number of hydrogen-bond acceptors (Lipinski definition) is 2. The average molecular weight is 248 g/mol. The van der Waals surface area contributed by atoms with Crippen LogP contribution in [0.15, 0.2) is 17.1 Å². The average Bonchev–Trinajstić information content (AvgIpc) is 2.54. The predicted octanol–water partition coefficient (Wildman–Crippen LogP) is 2.79. The molecular weight excluding hydrogens is 232 g/mol. The van der Waals surface area contributed by atoms with Gasteiger partial charge in [0.15, 0.2) is 4.80 Å². The van der Waals surface area contributed by atoms with Gasteiger partial charge < -0.3 is 4.57 Å². The summed E-state index contributed by atoms with van der Waals surface area (Å²) in [6, 6.07) is 4.32. The number of thiazole rings is 1. The van der Waals surface area contributed by atoms with Gasteiger partial charge in [-0.25, -0.2) is 0 Å². The van der Waals surface area contributed by atoms with Crippen LogP contribution in [0.3, 0.4) is 0 Å². The molecule has 0 saturated heterocycles.